The molecule has 0 atom stereocenters. The van der Waals surface area contributed by atoms with Gasteiger partial charge in [0, 0.05) is 42.3 Å². The molecule has 136 valence electrons. The Hall–Kier alpha value is -2.44. The summed E-state index contributed by atoms with van der Waals surface area (Å²) in [5.74, 6) is 0. The average molecular weight is 351 g/mol. The SMILES string of the molecule is CC1(O)CCC(Nc2c(CN)cnn3cc(-c4ccncc4)cc23)CC1. The first kappa shape index (κ1) is 17.0. The maximum Gasteiger partial charge on any atom is 0.0887 e. The molecule has 3 heterocycles. The van der Waals surface area contributed by atoms with E-state index < -0.39 is 5.60 Å². The Labute approximate surface area is 153 Å². The summed E-state index contributed by atoms with van der Waals surface area (Å²) in [6.07, 6.45) is 11.0. The molecule has 0 radical (unpaired) electrons. The lowest BCUT2D eigenvalue weighted by molar-refractivity contribution is 0.0196. The highest BCUT2D eigenvalue weighted by Crippen LogP contribution is 2.33. The van der Waals surface area contributed by atoms with Crippen molar-refractivity contribution in [3.05, 3.63) is 48.5 Å². The fraction of sp³-hybridized carbons (Fsp3) is 0.400. The lowest BCUT2D eigenvalue weighted by Gasteiger charge is -2.34. The summed E-state index contributed by atoms with van der Waals surface area (Å²) in [7, 11) is 0. The zero-order valence-corrected chi connectivity index (χ0v) is 15.0. The van der Waals surface area contributed by atoms with Crippen LogP contribution in [0.4, 0.5) is 5.69 Å². The van der Waals surface area contributed by atoms with Gasteiger partial charge in [-0.05, 0) is 56.4 Å². The van der Waals surface area contributed by atoms with Gasteiger partial charge in [0.2, 0.25) is 0 Å². The molecule has 0 unspecified atom stereocenters. The second kappa shape index (κ2) is 6.70. The third-order valence-corrected chi connectivity index (χ3v) is 5.36. The van der Waals surface area contributed by atoms with E-state index in [9.17, 15) is 5.11 Å². The smallest absolute Gasteiger partial charge is 0.0887 e. The number of nitrogens with two attached hydrogens (primary N) is 1. The highest BCUT2D eigenvalue weighted by Gasteiger charge is 2.29. The number of pyridine rings is 1. The van der Waals surface area contributed by atoms with Crippen LogP contribution in [0, 0.1) is 0 Å². The normalized spacial score (nSPS) is 23.3. The van der Waals surface area contributed by atoms with Gasteiger partial charge in [0.15, 0.2) is 0 Å². The van der Waals surface area contributed by atoms with Gasteiger partial charge in [-0.2, -0.15) is 5.10 Å². The maximum atomic E-state index is 10.2. The molecule has 1 fully saturated rings. The summed E-state index contributed by atoms with van der Waals surface area (Å²) in [5.41, 5.74) is 10.7. The minimum absolute atomic E-state index is 0.339. The van der Waals surface area contributed by atoms with Crippen molar-refractivity contribution in [2.75, 3.05) is 5.32 Å². The molecule has 0 saturated heterocycles. The van der Waals surface area contributed by atoms with Gasteiger partial charge in [-0.15, -0.1) is 0 Å². The summed E-state index contributed by atoms with van der Waals surface area (Å²) in [6, 6.07) is 6.47. The second-order valence-corrected chi connectivity index (χ2v) is 7.46. The topological polar surface area (TPSA) is 88.5 Å². The number of fused-ring (bicyclic) bond motifs is 1. The van der Waals surface area contributed by atoms with Crippen LogP contribution in [0.3, 0.4) is 0 Å². The van der Waals surface area contributed by atoms with Crippen LogP contribution in [0.5, 0.6) is 0 Å². The summed E-state index contributed by atoms with van der Waals surface area (Å²) < 4.78 is 1.90. The van der Waals surface area contributed by atoms with E-state index in [1.165, 1.54) is 0 Å². The van der Waals surface area contributed by atoms with Crippen LogP contribution < -0.4 is 11.1 Å². The zero-order chi connectivity index (χ0) is 18.1. The molecule has 4 rings (SSSR count). The lowest BCUT2D eigenvalue weighted by Crippen LogP contribution is -2.36. The lowest BCUT2D eigenvalue weighted by atomic mass is 9.83. The van der Waals surface area contributed by atoms with E-state index in [1.807, 2.05) is 36.0 Å². The van der Waals surface area contributed by atoms with Crippen molar-refractivity contribution in [2.45, 2.75) is 50.8 Å². The molecule has 6 nitrogen and oxygen atoms in total. The van der Waals surface area contributed by atoms with Crippen molar-refractivity contribution in [3.8, 4) is 11.1 Å². The van der Waals surface area contributed by atoms with Gasteiger partial charge in [-0.25, -0.2) is 4.52 Å². The minimum Gasteiger partial charge on any atom is -0.390 e. The van der Waals surface area contributed by atoms with Gasteiger partial charge in [0.1, 0.15) is 0 Å². The van der Waals surface area contributed by atoms with E-state index in [4.69, 9.17) is 5.73 Å². The predicted molar refractivity (Wildman–Crippen MR) is 103 cm³/mol. The van der Waals surface area contributed by atoms with Gasteiger partial charge in [0.05, 0.1) is 23.0 Å². The third kappa shape index (κ3) is 3.30. The van der Waals surface area contributed by atoms with Crippen LogP contribution >= 0.6 is 0 Å². The first-order valence-corrected chi connectivity index (χ1v) is 9.15. The van der Waals surface area contributed by atoms with Crippen LogP contribution in [0.25, 0.3) is 16.6 Å². The van der Waals surface area contributed by atoms with E-state index in [0.29, 0.717) is 12.6 Å². The molecule has 0 spiro atoms. The fourth-order valence-electron chi connectivity index (χ4n) is 3.71. The molecule has 1 aliphatic rings. The van der Waals surface area contributed by atoms with Gasteiger partial charge >= 0.3 is 0 Å². The number of hydrogen-bond acceptors (Lipinski definition) is 5. The largest absolute Gasteiger partial charge is 0.390 e. The van der Waals surface area contributed by atoms with Gasteiger partial charge < -0.3 is 16.2 Å². The van der Waals surface area contributed by atoms with Gasteiger partial charge in [0.25, 0.3) is 0 Å². The zero-order valence-electron chi connectivity index (χ0n) is 15.0. The van der Waals surface area contributed by atoms with E-state index in [1.54, 1.807) is 12.4 Å². The molecule has 0 aliphatic heterocycles. The predicted octanol–water partition coefficient (Wildman–Crippen LogP) is 2.96. The molecule has 4 N–H and O–H groups in total. The first-order valence-electron chi connectivity index (χ1n) is 9.15. The van der Waals surface area contributed by atoms with Crippen LogP contribution in [0.15, 0.2) is 43.0 Å². The highest BCUT2D eigenvalue weighted by atomic mass is 16.3. The molecule has 0 aromatic carbocycles. The number of nitrogens with one attached hydrogen (secondary N) is 1. The molecule has 3 aromatic heterocycles. The Morgan fingerprint density at radius 3 is 2.69 bits per heavy atom. The summed E-state index contributed by atoms with van der Waals surface area (Å²) in [6.45, 7) is 2.36. The Morgan fingerprint density at radius 1 is 1.27 bits per heavy atom. The number of aromatic nitrogens is 3. The monoisotopic (exact) mass is 351 g/mol. The third-order valence-electron chi connectivity index (χ3n) is 5.36. The molecular formula is C20H25N5O. The molecule has 3 aromatic rings. The van der Waals surface area contributed by atoms with Crippen LogP contribution in [-0.4, -0.2) is 31.3 Å². The van der Waals surface area contributed by atoms with Gasteiger partial charge in [-0.3, -0.25) is 4.98 Å². The van der Waals surface area contributed by atoms with Crippen molar-refractivity contribution >= 4 is 11.2 Å². The Balaban J connectivity index is 1.69. The molecule has 0 bridgehead atoms. The average Bonchev–Trinajstić information content (AvgIpc) is 3.09. The second-order valence-electron chi connectivity index (χ2n) is 7.46. The van der Waals surface area contributed by atoms with E-state index in [0.717, 1.165) is 53.6 Å². The highest BCUT2D eigenvalue weighted by molar-refractivity contribution is 5.81. The minimum atomic E-state index is -0.536. The van der Waals surface area contributed by atoms with Crippen molar-refractivity contribution in [1.82, 2.24) is 14.6 Å². The Kier molecular flexibility index (Phi) is 4.38. The number of aliphatic hydroxyl groups is 1. The standard InChI is InChI=1S/C20H25N5O/c1-20(26)6-2-17(3-7-20)24-19-16(11-21)12-23-25-13-15(10-18(19)25)14-4-8-22-9-5-14/h4-5,8-10,12-13,17,24,26H,2-3,6-7,11,21H2,1H3. The Morgan fingerprint density at radius 2 is 2.00 bits per heavy atom. The van der Waals surface area contributed by atoms with Gasteiger partial charge in [-0.1, -0.05) is 0 Å². The quantitative estimate of drug-likeness (QED) is 0.672. The first-order chi connectivity index (χ1) is 12.6. The van der Waals surface area contributed by atoms with Crippen LogP contribution in [0.1, 0.15) is 38.2 Å². The fourth-order valence-corrected chi connectivity index (χ4v) is 3.71. The molecule has 1 saturated carbocycles. The molecule has 26 heavy (non-hydrogen) atoms. The molecule has 6 heteroatoms. The molecule has 1 aliphatic carbocycles. The number of rotatable bonds is 4. The van der Waals surface area contributed by atoms with Crippen LogP contribution in [-0.2, 0) is 6.54 Å². The molecular weight excluding hydrogens is 326 g/mol. The number of anilines is 1. The van der Waals surface area contributed by atoms with Crippen molar-refractivity contribution < 1.29 is 5.11 Å². The van der Waals surface area contributed by atoms with Crippen molar-refractivity contribution in [1.29, 1.82) is 0 Å². The summed E-state index contributed by atoms with van der Waals surface area (Å²) >= 11 is 0. The summed E-state index contributed by atoms with van der Waals surface area (Å²) in [5, 5.41) is 18.4. The van der Waals surface area contributed by atoms with Crippen LogP contribution in [0.2, 0.25) is 0 Å². The van der Waals surface area contributed by atoms with Crippen molar-refractivity contribution in [2.24, 2.45) is 5.73 Å². The summed E-state index contributed by atoms with van der Waals surface area (Å²) in [4.78, 5) is 4.09. The number of nitrogens with zero attached hydrogens (tertiary/aromatic N) is 3. The maximum absolute atomic E-state index is 10.2. The molecule has 0 amide bonds. The van der Waals surface area contributed by atoms with E-state index in [2.05, 4.69) is 21.5 Å². The van der Waals surface area contributed by atoms with E-state index >= 15 is 0 Å². The van der Waals surface area contributed by atoms with E-state index in [-0.39, 0.29) is 0 Å². The number of hydrogen-bond donors (Lipinski definition) is 3. The van der Waals surface area contributed by atoms with Crippen molar-refractivity contribution in [3.63, 3.8) is 0 Å². The Bertz CT molecular complexity index is 893.